The molecule has 0 aliphatic heterocycles. The van der Waals surface area contributed by atoms with E-state index in [0.29, 0.717) is 18.1 Å². The summed E-state index contributed by atoms with van der Waals surface area (Å²) >= 11 is 0. The van der Waals surface area contributed by atoms with Crippen LogP contribution in [0, 0.1) is 0 Å². The first-order valence-electron chi connectivity index (χ1n) is 6.03. The highest BCUT2D eigenvalue weighted by molar-refractivity contribution is 5.98. The molecule has 0 radical (unpaired) electrons. The molecule has 1 heterocycles. The molecule has 0 spiro atoms. The lowest BCUT2D eigenvalue weighted by Gasteiger charge is -2.07. The number of hydrogen-bond donors (Lipinski definition) is 1. The molecule has 1 N–H and O–H groups in total. The van der Waals surface area contributed by atoms with Gasteiger partial charge in [0.05, 0.1) is 5.71 Å². The SMILES string of the molecule is CCn1ncnc1COc1cccc(C(C)=NO)c1. The molecule has 0 unspecified atom stereocenters. The maximum atomic E-state index is 8.75. The Morgan fingerprint density at radius 2 is 2.32 bits per heavy atom. The standard InChI is InChI=1S/C13H16N4O2/c1-3-17-13(14-9-15-17)8-19-12-6-4-5-11(7-12)10(2)16-18/h4-7,9,18H,3,8H2,1-2H3. The van der Waals surface area contributed by atoms with Crippen LogP contribution in [0.2, 0.25) is 0 Å². The lowest BCUT2D eigenvalue weighted by atomic mass is 10.1. The van der Waals surface area contributed by atoms with Crippen LogP contribution in [-0.4, -0.2) is 25.7 Å². The lowest BCUT2D eigenvalue weighted by molar-refractivity contribution is 0.287. The highest BCUT2D eigenvalue weighted by atomic mass is 16.5. The summed E-state index contributed by atoms with van der Waals surface area (Å²) in [5.74, 6) is 1.48. The van der Waals surface area contributed by atoms with Crippen molar-refractivity contribution in [1.29, 1.82) is 0 Å². The minimum Gasteiger partial charge on any atom is -0.486 e. The van der Waals surface area contributed by atoms with E-state index < -0.39 is 0 Å². The normalized spacial score (nSPS) is 11.6. The third-order valence-corrected chi connectivity index (χ3v) is 2.77. The molecular formula is C13H16N4O2. The number of rotatable bonds is 5. The van der Waals surface area contributed by atoms with Gasteiger partial charge in [-0.3, -0.25) is 0 Å². The summed E-state index contributed by atoms with van der Waals surface area (Å²) in [6.07, 6.45) is 1.52. The minimum absolute atomic E-state index is 0.354. The van der Waals surface area contributed by atoms with Gasteiger partial charge in [0, 0.05) is 12.1 Å². The van der Waals surface area contributed by atoms with Gasteiger partial charge in [0.15, 0.2) is 5.82 Å². The minimum atomic E-state index is 0.354. The van der Waals surface area contributed by atoms with Crippen LogP contribution in [0.1, 0.15) is 25.2 Å². The van der Waals surface area contributed by atoms with Crippen molar-refractivity contribution in [3.05, 3.63) is 42.0 Å². The van der Waals surface area contributed by atoms with Gasteiger partial charge in [0.25, 0.3) is 0 Å². The van der Waals surface area contributed by atoms with Gasteiger partial charge < -0.3 is 9.94 Å². The lowest BCUT2D eigenvalue weighted by Crippen LogP contribution is -2.07. The Morgan fingerprint density at radius 3 is 3.05 bits per heavy atom. The fraction of sp³-hybridized carbons (Fsp3) is 0.308. The molecule has 0 saturated heterocycles. The van der Waals surface area contributed by atoms with Crippen molar-refractivity contribution < 1.29 is 9.94 Å². The number of ether oxygens (including phenoxy) is 1. The Bertz CT molecular complexity index is 578. The van der Waals surface area contributed by atoms with Crippen LogP contribution in [0.15, 0.2) is 35.7 Å². The summed E-state index contributed by atoms with van der Waals surface area (Å²) in [6.45, 7) is 4.84. The van der Waals surface area contributed by atoms with Crippen LogP contribution in [0.3, 0.4) is 0 Å². The van der Waals surface area contributed by atoms with Crippen LogP contribution < -0.4 is 4.74 Å². The summed E-state index contributed by atoms with van der Waals surface area (Å²) in [5, 5.41) is 16.0. The largest absolute Gasteiger partial charge is 0.486 e. The Balaban J connectivity index is 2.08. The predicted octanol–water partition coefficient (Wildman–Crippen LogP) is 2.08. The molecule has 1 aromatic heterocycles. The van der Waals surface area contributed by atoms with Crippen LogP contribution in [0.25, 0.3) is 0 Å². The summed E-state index contributed by atoms with van der Waals surface area (Å²) in [7, 11) is 0. The van der Waals surface area contributed by atoms with E-state index in [1.54, 1.807) is 11.6 Å². The molecule has 6 nitrogen and oxygen atoms in total. The van der Waals surface area contributed by atoms with Gasteiger partial charge in [-0.15, -0.1) is 0 Å². The van der Waals surface area contributed by atoms with Crippen LogP contribution in [0.5, 0.6) is 5.75 Å². The quantitative estimate of drug-likeness (QED) is 0.507. The molecule has 6 heteroatoms. The molecule has 19 heavy (non-hydrogen) atoms. The highest BCUT2D eigenvalue weighted by Crippen LogP contribution is 2.15. The van der Waals surface area contributed by atoms with Crippen molar-refractivity contribution in [3.8, 4) is 5.75 Å². The molecule has 0 aliphatic carbocycles. The molecule has 0 saturated carbocycles. The highest BCUT2D eigenvalue weighted by Gasteiger charge is 2.05. The first-order valence-corrected chi connectivity index (χ1v) is 6.03. The Kier molecular flexibility index (Phi) is 4.12. The first-order chi connectivity index (χ1) is 9.24. The zero-order valence-electron chi connectivity index (χ0n) is 10.9. The summed E-state index contributed by atoms with van der Waals surface area (Å²) < 4.78 is 7.45. The van der Waals surface area contributed by atoms with Gasteiger partial charge in [0.2, 0.25) is 0 Å². The van der Waals surface area contributed by atoms with Crippen LogP contribution in [-0.2, 0) is 13.2 Å². The van der Waals surface area contributed by atoms with Crippen molar-refractivity contribution in [3.63, 3.8) is 0 Å². The van der Waals surface area contributed by atoms with E-state index in [0.717, 1.165) is 17.9 Å². The number of benzene rings is 1. The molecule has 1 aromatic carbocycles. The molecule has 0 atom stereocenters. The van der Waals surface area contributed by atoms with E-state index in [4.69, 9.17) is 9.94 Å². The Hall–Kier alpha value is -2.37. The van der Waals surface area contributed by atoms with Gasteiger partial charge >= 0.3 is 0 Å². The van der Waals surface area contributed by atoms with Crippen molar-refractivity contribution in [2.75, 3.05) is 0 Å². The topological polar surface area (TPSA) is 72.5 Å². The zero-order valence-corrected chi connectivity index (χ0v) is 10.9. The second kappa shape index (κ2) is 5.99. The Labute approximate surface area is 111 Å². The number of hydrogen-bond acceptors (Lipinski definition) is 5. The third kappa shape index (κ3) is 3.09. The van der Waals surface area contributed by atoms with Gasteiger partial charge in [-0.25, -0.2) is 9.67 Å². The van der Waals surface area contributed by atoms with Crippen LogP contribution in [0.4, 0.5) is 0 Å². The number of aromatic nitrogens is 3. The average molecular weight is 260 g/mol. The fourth-order valence-corrected chi connectivity index (χ4v) is 1.68. The number of aryl methyl sites for hydroxylation is 1. The molecular weight excluding hydrogens is 244 g/mol. The van der Waals surface area contributed by atoms with Gasteiger partial charge in [-0.1, -0.05) is 17.3 Å². The monoisotopic (exact) mass is 260 g/mol. The molecule has 0 aliphatic rings. The van der Waals surface area contributed by atoms with Crippen molar-refractivity contribution in [2.45, 2.75) is 27.0 Å². The fourth-order valence-electron chi connectivity index (χ4n) is 1.68. The van der Waals surface area contributed by atoms with Gasteiger partial charge in [0.1, 0.15) is 18.7 Å². The number of nitrogens with zero attached hydrogens (tertiary/aromatic N) is 4. The number of oxime groups is 1. The van der Waals surface area contributed by atoms with E-state index >= 15 is 0 Å². The van der Waals surface area contributed by atoms with E-state index in [1.807, 2.05) is 31.2 Å². The van der Waals surface area contributed by atoms with Crippen molar-refractivity contribution >= 4 is 5.71 Å². The molecule has 0 bridgehead atoms. The van der Waals surface area contributed by atoms with E-state index in [1.165, 1.54) is 6.33 Å². The summed E-state index contributed by atoms with van der Waals surface area (Å²) in [4.78, 5) is 4.14. The second-order valence-corrected chi connectivity index (χ2v) is 3.99. The van der Waals surface area contributed by atoms with Gasteiger partial charge in [-0.05, 0) is 26.0 Å². The molecule has 2 rings (SSSR count). The molecule has 100 valence electrons. The molecule has 2 aromatic rings. The van der Waals surface area contributed by atoms with Crippen molar-refractivity contribution in [1.82, 2.24) is 14.8 Å². The van der Waals surface area contributed by atoms with Gasteiger partial charge in [-0.2, -0.15) is 5.10 Å². The zero-order chi connectivity index (χ0) is 13.7. The maximum absolute atomic E-state index is 8.75. The Morgan fingerprint density at radius 1 is 1.47 bits per heavy atom. The molecule has 0 fully saturated rings. The maximum Gasteiger partial charge on any atom is 0.164 e. The predicted molar refractivity (Wildman–Crippen MR) is 70.5 cm³/mol. The first kappa shape index (κ1) is 13.1. The average Bonchev–Trinajstić information content (AvgIpc) is 2.92. The van der Waals surface area contributed by atoms with E-state index in [9.17, 15) is 0 Å². The third-order valence-electron chi connectivity index (χ3n) is 2.77. The smallest absolute Gasteiger partial charge is 0.164 e. The van der Waals surface area contributed by atoms with E-state index in [-0.39, 0.29) is 0 Å². The molecule has 0 amide bonds. The van der Waals surface area contributed by atoms with Crippen molar-refractivity contribution in [2.24, 2.45) is 5.16 Å². The van der Waals surface area contributed by atoms with Crippen LogP contribution >= 0.6 is 0 Å². The summed E-state index contributed by atoms with van der Waals surface area (Å²) in [6, 6.07) is 7.38. The van der Waals surface area contributed by atoms with E-state index in [2.05, 4.69) is 15.2 Å². The summed E-state index contributed by atoms with van der Waals surface area (Å²) in [5.41, 5.74) is 1.36. The second-order valence-electron chi connectivity index (χ2n) is 3.99.